The third-order valence-corrected chi connectivity index (χ3v) is 3.30. The predicted octanol–water partition coefficient (Wildman–Crippen LogP) is 2.09. The van der Waals surface area contributed by atoms with Crippen molar-refractivity contribution in [1.29, 1.82) is 0 Å². The fraction of sp³-hybridized carbons (Fsp3) is 0.250. The molecule has 0 aliphatic carbocycles. The van der Waals surface area contributed by atoms with E-state index in [0.29, 0.717) is 35.6 Å². The lowest BCUT2D eigenvalue weighted by atomic mass is 10.1. The van der Waals surface area contributed by atoms with E-state index in [1.807, 2.05) is 12.1 Å². The highest BCUT2D eigenvalue weighted by atomic mass is 35.5. The first-order valence-corrected chi connectivity index (χ1v) is 5.92. The van der Waals surface area contributed by atoms with E-state index in [1.165, 1.54) is 0 Å². The van der Waals surface area contributed by atoms with E-state index in [1.54, 1.807) is 17.9 Å². The number of hydrogen-bond acceptors (Lipinski definition) is 4. The Morgan fingerprint density at radius 3 is 2.78 bits per heavy atom. The molecule has 0 radical (unpaired) electrons. The topological polar surface area (TPSA) is 62.3 Å². The smallest absolute Gasteiger partial charge is 0.180 e. The summed E-state index contributed by atoms with van der Waals surface area (Å²) in [5.74, 6) is 1.80. The summed E-state index contributed by atoms with van der Waals surface area (Å²) in [6, 6.07) is 3.70. The van der Waals surface area contributed by atoms with Crippen LogP contribution < -0.4 is 15.2 Å². The highest BCUT2D eigenvalue weighted by Gasteiger charge is 2.20. The molecule has 5 nitrogen and oxygen atoms in total. The van der Waals surface area contributed by atoms with E-state index in [2.05, 4.69) is 5.10 Å². The fourth-order valence-corrected chi connectivity index (χ4v) is 2.26. The Balaban J connectivity index is 2.16. The maximum atomic E-state index is 6.34. The van der Waals surface area contributed by atoms with Crippen molar-refractivity contribution in [2.75, 3.05) is 18.9 Å². The van der Waals surface area contributed by atoms with E-state index in [9.17, 15) is 0 Å². The van der Waals surface area contributed by atoms with Gasteiger partial charge < -0.3 is 15.2 Å². The summed E-state index contributed by atoms with van der Waals surface area (Å²) in [5, 5.41) is 4.61. The van der Waals surface area contributed by atoms with Gasteiger partial charge in [-0.1, -0.05) is 11.6 Å². The Bertz CT molecular complexity index is 610. The van der Waals surface area contributed by atoms with Gasteiger partial charge in [0, 0.05) is 18.2 Å². The van der Waals surface area contributed by atoms with Crippen LogP contribution in [0.1, 0.15) is 0 Å². The zero-order valence-electron chi connectivity index (χ0n) is 9.81. The predicted molar refractivity (Wildman–Crippen MR) is 69.1 cm³/mol. The van der Waals surface area contributed by atoms with E-state index in [-0.39, 0.29) is 0 Å². The van der Waals surface area contributed by atoms with Crippen LogP contribution >= 0.6 is 11.6 Å². The molecule has 0 saturated carbocycles. The van der Waals surface area contributed by atoms with Crippen LogP contribution in [0.15, 0.2) is 18.3 Å². The Labute approximate surface area is 109 Å². The number of nitrogens with zero attached hydrogens (tertiary/aromatic N) is 2. The van der Waals surface area contributed by atoms with Crippen molar-refractivity contribution in [3.8, 4) is 22.6 Å². The van der Waals surface area contributed by atoms with Crippen molar-refractivity contribution >= 4 is 17.4 Å². The summed E-state index contributed by atoms with van der Waals surface area (Å²) >= 11 is 6.34. The monoisotopic (exact) mass is 265 g/mol. The van der Waals surface area contributed by atoms with Gasteiger partial charge in [0.2, 0.25) is 0 Å². The minimum atomic E-state index is 0.499. The van der Waals surface area contributed by atoms with Crippen molar-refractivity contribution in [3.63, 3.8) is 0 Å². The number of anilines is 1. The van der Waals surface area contributed by atoms with Gasteiger partial charge in [0.15, 0.2) is 11.5 Å². The zero-order valence-corrected chi connectivity index (χ0v) is 10.6. The van der Waals surface area contributed by atoms with Crippen molar-refractivity contribution in [2.24, 2.45) is 7.05 Å². The number of nitrogen functional groups attached to an aromatic ring is 1. The molecule has 0 bridgehead atoms. The number of ether oxygens (including phenoxy) is 2. The van der Waals surface area contributed by atoms with Gasteiger partial charge in [0.05, 0.1) is 11.2 Å². The van der Waals surface area contributed by atoms with Gasteiger partial charge in [-0.05, 0) is 12.1 Å². The van der Waals surface area contributed by atoms with Crippen LogP contribution in [-0.4, -0.2) is 23.0 Å². The molecule has 6 heteroatoms. The first-order chi connectivity index (χ1) is 8.68. The van der Waals surface area contributed by atoms with Crippen LogP contribution in [0.25, 0.3) is 11.1 Å². The van der Waals surface area contributed by atoms with Gasteiger partial charge in [0.25, 0.3) is 0 Å². The first kappa shape index (κ1) is 11.2. The van der Waals surface area contributed by atoms with Gasteiger partial charge in [-0.15, -0.1) is 0 Å². The SMILES string of the molecule is Cn1ncc(-c2ccc3c(c2Cl)OCCO3)c1N. The molecule has 1 aliphatic heterocycles. The Morgan fingerprint density at radius 1 is 1.28 bits per heavy atom. The second-order valence-corrected chi connectivity index (χ2v) is 4.40. The molecule has 1 aliphatic rings. The maximum Gasteiger partial charge on any atom is 0.180 e. The van der Waals surface area contributed by atoms with Gasteiger partial charge >= 0.3 is 0 Å². The van der Waals surface area contributed by atoms with Crippen molar-refractivity contribution in [1.82, 2.24) is 9.78 Å². The molecule has 0 spiro atoms. The number of rotatable bonds is 1. The standard InChI is InChI=1S/C12H12ClN3O2/c1-16-12(14)8(6-15-16)7-2-3-9-11(10(7)13)18-5-4-17-9/h2-3,6H,4-5,14H2,1H3. The molecule has 1 aromatic heterocycles. The quantitative estimate of drug-likeness (QED) is 0.858. The van der Waals surface area contributed by atoms with Gasteiger partial charge in [0.1, 0.15) is 19.0 Å². The van der Waals surface area contributed by atoms with Crippen molar-refractivity contribution in [2.45, 2.75) is 0 Å². The molecule has 2 heterocycles. The Morgan fingerprint density at radius 2 is 2.06 bits per heavy atom. The molecule has 1 aromatic carbocycles. The third-order valence-electron chi connectivity index (χ3n) is 2.92. The summed E-state index contributed by atoms with van der Waals surface area (Å²) in [4.78, 5) is 0. The summed E-state index contributed by atoms with van der Waals surface area (Å²) in [5.41, 5.74) is 7.54. The fourth-order valence-electron chi connectivity index (χ4n) is 1.94. The molecule has 0 atom stereocenters. The maximum absolute atomic E-state index is 6.34. The van der Waals surface area contributed by atoms with Crippen molar-refractivity contribution in [3.05, 3.63) is 23.4 Å². The van der Waals surface area contributed by atoms with Crippen LogP contribution in [0.5, 0.6) is 11.5 Å². The molecular formula is C12H12ClN3O2. The number of halogens is 1. The number of aromatic nitrogens is 2. The lowest BCUT2D eigenvalue weighted by Gasteiger charge is -2.20. The van der Waals surface area contributed by atoms with E-state index in [0.717, 1.165) is 11.1 Å². The molecule has 94 valence electrons. The van der Waals surface area contributed by atoms with Crippen LogP contribution in [0.3, 0.4) is 0 Å². The normalized spacial score (nSPS) is 13.7. The van der Waals surface area contributed by atoms with E-state index >= 15 is 0 Å². The minimum absolute atomic E-state index is 0.499. The van der Waals surface area contributed by atoms with Gasteiger partial charge in [-0.2, -0.15) is 5.10 Å². The van der Waals surface area contributed by atoms with E-state index < -0.39 is 0 Å². The summed E-state index contributed by atoms with van der Waals surface area (Å²) in [7, 11) is 1.78. The average Bonchev–Trinajstić information content (AvgIpc) is 2.71. The molecule has 18 heavy (non-hydrogen) atoms. The number of nitrogens with two attached hydrogens (primary N) is 1. The number of benzene rings is 1. The molecule has 2 aromatic rings. The molecule has 0 amide bonds. The molecule has 0 fully saturated rings. The Hall–Kier alpha value is -1.88. The second kappa shape index (κ2) is 4.10. The second-order valence-electron chi connectivity index (χ2n) is 4.02. The highest BCUT2D eigenvalue weighted by molar-refractivity contribution is 6.35. The summed E-state index contributed by atoms with van der Waals surface area (Å²) in [6.45, 7) is 1.04. The molecule has 0 unspecified atom stereocenters. The van der Waals surface area contributed by atoms with Crippen molar-refractivity contribution < 1.29 is 9.47 Å². The lowest BCUT2D eigenvalue weighted by Crippen LogP contribution is -2.15. The van der Waals surface area contributed by atoms with Crippen LogP contribution in [-0.2, 0) is 7.05 Å². The largest absolute Gasteiger partial charge is 0.486 e. The first-order valence-electron chi connectivity index (χ1n) is 5.54. The molecular weight excluding hydrogens is 254 g/mol. The van der Waals surface area contributed by atoms with Gasteiger partial charge in [-0.25, -0.2) is 0 Å². The third kappa shape index (κ3) is 1.59. The van der Waals surface area contributed by atoms with Crippen LogP contribution in [0.2, 0.25) is 5.02 Å². The lowest BCUT2D eigenvalue weighted by molar-refractivity contribution is 0.172. The molecule has 0 saturated heterocycles. The van der Waals surface area contributed by atoms with Gasteiger partial charge in [-0.3, -0.25) is 4.68 Å². The number of hydrogen-bond donors (Lipinski definition) is 1. The summed E-state index contributed by atoms with van der Waals surface area (Å²) < 4.78 is 12.6. The number of aryl methyl sites for hydroxylation is 1. The highest BCUT2D eigenvalue weighted by Crippen LogP contribution is 2.44. The molecule has 2 N–H and O–H groups in total. The minimum Gasteiger partial charge on any atom is -0.486 e. The van der Waals surface area contributed by atoms with E-state index in [4.69, 9.17) is 26.8 Å². The average molecular weight is 266 g/mol. The summed E-state index contributed by atoms with van der Waals surface area (Å²) in [6.07, 6.45) is 1.69. The molecule has 3 rings (SSSR count). The van der Waals surface area contributed by atoms with Crippen LogP contribution in [0, 0.1) is 0 Å². The Kier molecular flexibility index (Phi) is 2.56. The van der Waals surface area contributed by atoms with Crippen LogP contribution in [0.4, 0.5) is 5.82 Å². The number of fused-ring (bicyclic) bond motifs is 1. The zero-order chi connectivity index (χ0) is 12.7.